The first kappa shape index (κ1) is 16.3. The fourth-order valence-corrected chi connectivity index (χ4v) is 4.47. The lowest BCUT2D eigenvalue weighted by Gasteiger charge is -2.50. The van der Waals surface area contributed by atoms with Crippen LogP contribution < -0.4 is 5.32 Å². The summed E-state index contributed by atoms with van der Waals surface area (Å²) < 4.78 is 0. The first-order valence-electron chi connectivity index (χ1n) is 8.94. The molecule has 0 amide bonds. The fraction of sp³-hybridized carbons (Fsp3) is 1.00. The zero-order chi connectivity index (χ0) is 14.8. The van der Waals surface area contributed by atoms with Crippen molar-refractivity contribution in [2.45, 2.75) is 91.3 Å². The highest BCUT2D eigenvalue weighted by atomic mass is 15.2. The van der Waals surface area contributed by atoms with Crippen LogP contribution in [0.2, 0.25) is 0 Å². The van der Waals surface area contributed by atoms with Crippen LogP contribution in [-0.4, -0.2) is 36.1 Å². The topological polar surface area (TPSA) is 15.3 Å². The van der Waals surface area contributed by atoms with Gasteiger partial charge in [-0.15, -0.1) is 0 Å². The van der Waals surface area contributed by atoms with E-state index in [1.54, 1.807) is 0 Å². The highest BCUT2D eigenvalue weighted by Crippen LogP contribution is 2.39. The Kier molecular flexibility index (Phi) is 5.53. The van der Waals surface area contributed by atoms with Gasteiger partial charge in [-0.3, -0.25) is 4.90 Å². The van der Waals surface area contributed by atoms with Crippen LogP contribution >= 0.6 is 0 Å². The standard InChI is InChI=1S/C18H36N2/c1-6-11-19-17-9-12-20(15(3)14(17)2)16-8-7-10-18(4,5)13-16/h14-17,19H,6-13H2,1-5H3. The van der Waals surface area contributed by atoms with Crippen LogP contribution in [0.15, 0.2) is 0 Å². The lowest BCUT2D eigenvalue weighted by Crippen LogP contribution is -2.57. The fourth-order valence-electron chi connectivity index (χ4n) is 4.47. The zero-order valence-electron chi connectivity index (χ0n) is 14.4. The second kappa shape index (κ2) is 6.79. The molecule has 4 unspecified atom stereocenters. The Morgan fingerprint density at radius 2 is 1.95 bits per heavy atom. The SMILES string of the molecule is CCCNC1CCN(C2CCCC(C)(C)C2)C(C)C1C. The Hall–Kier alpha value is -0.0800. The van der Waals surface area contributed by atoms with Crippen molar-refractivity contribution in [2.24, 2.45) is 11.3 Å². The molecule has 0 bridgehead atoms. The summed E-state index contributed by atoms with van der Waals surface area (Å²) >= 11 is 0. The molecule has 2 heteroatoms. The Balaban J connectivity index is 1.94. The van der Waals surface area contributed by atoms with E-state index in [2.05, 4.69) is 44.8 Å². The maximum atomic E-state index is 3.76. The third kappa shape index (κ3) is 3.76. The van der Waals surface area contributed by atoms with Gasteiger partial charge in [-0.2, -0.15) is 0 Å². The van der Waals surface area contributed by atoms with Crippen molar-refractivity contribution < 1.29 is 0 Å². The van der Waals surface area contributed by atoms with Crippen molar-refractivity contribution in [1.29, 1.82) is 0 Å². The summed E-state index contributed by atoms with van der Waals surface area (Å²) in [6, 6.07) is 2.30. The number of rotatable bonds is 4. The number of hydrogen-bond acceptors (Lipinski definition) is 2. The Bertz CT molecular complexity index is 300. The number of likely N-dealkylation sites (tertiary alicyclic amines) is 1. The first-order valence-corrected chi connectivity index (χ1v) is 8.94. The highest BCUT2D eigenvalue weighted by molar-refractivity contribution is 4.94. The molecule has 2 fully saturated rings. The molecule has 1 saturated heterocycles. The van der Waals surface area contributed by atoms with Crippen LogP contribution in [-0.2, 0) is 0 Å². The summed E-state index contributed by atoms with van der Waals surface area (Å²) in [7, 11) is 0. The average Bonchev–Trinajstić information content (AvgIpc) is 2.39. The van der Waals surface area contributed by atoms with Crippen molar-refractivity contribution in [2.75, 3.05) is 13.1 Å². The summed E-state index contributed by atoms with van der Waals surface area (Å²) in [5.74, 6) is 0.778. The van der Waals surface area contributed by atoms with Gasteiger partial charge in [-0.25, -0.2) is 0 Å². The molecule has 1 aliphatic heterocycles. The van der Waals surface area contributed by atoms with E-state index in [9.17, 15) is 0 Å². The molecule has 2 aliphatic rings. The minimum atomic E-state index is 0.559. The highest BCUT2D eigenvalue weighted by Gasteiger charge is 2.38. The van der Waals surface area contributed by atoms with E-state index in [4.69, 9.17) is 0 Å². The average molecular weight is 280 g/mol. The van der Waals surface area contributed by atoms with E-state index in [1.165, 1.54) is 51.6 Å². The minimum absolute atomic E-state index is 0.559. The van der Waals surface area contributed by atoms with Gasteiger partial charge in [0.1, 0.15) is 0 Å². The van der Waals surface area contributed by atoms with Crippen LogP contribution in [0.4, 0.5) is 0 Å². The minimum Gasteiger partial charge on any atom is -0.314 e. The van der Waals surface area contributed by atoms with Gasteiger partial charge in [0.05, 0.1) is 0 Å². The summed E-state index contributed by atoms with van der Waals surface area (Å²) in [4.78, 5) is 2.84. The molecule has 4 atom stereocenters. The van der Waals surface area contributed by atoms with Crippen LogP contribution in [0.1, 0.15) is 73.1 Å². The van der Waals surface area contributed by atoms with Crippen LogP contribution in [0.25, 0.3) is 0 Å². The van der Waals surface area contributed by atoms with Crippen molar-refractivity contribution >= 4 is 0 Å². The van der Waals surface area contributed by atoms with Gasteiger partial charge in [0, 0.05) is 24.7 Å². The van der Waals surface area contributed by atoms with E-state index < -0.39 is 0 Å². The summed E-state index contributed by atoms with van der Waals surface area (Å²) in [6.45, 7) is 14.6. The monoisotopic (exact) mass is 280 g/mol. The van der Waals surface area contributed by atoms with Gasteiger partial charge in [0.25, 0.3) is 0 Å². The number of hydrogen-bond donors (Lipinski definition) is 1. The molecule has 2 nitrogen and oxygen atoms in total. The number of nitrogens with one attached hydrogen (secondary N) is 1. The van der Waals surface area contributed by atoms with Gasteiger partial charge in [-0.1, -0.05) is 34.1 Å². The Labute approximate surface area is 126 Å². The van der Waals surface area contributed by atoms with E-state index in [1.807, 2.05) is 0 Å². The number of piperidine rings is 1. The van der Waals surface area contributed by atoms with Crippen molar-refractivity contribution in [3.05, 3.63) is 0 Å². The van der Waals surface area contributed by atoms with Crippen LogP contribution in [0.3, 0.4) is 0 Å². The van der Waals surface area contributed by atoms with Crippen molar-refractivity contribution in [1.82, 2.24) is 10.2 Å². The smallest absolute Gasteiger partial charge is 0.0120 e. The van der Waals surface area contributed by atoms with Crippen LogP contribution in [0, 0.1) is 11.3 Å². The van der Waals surface area contributed by atoms with E-state index >= 15 is 0 Å². The molecule has 0 spiro atoms. The molecule has 118 valence electrons. The van der Waals surface area contributed by atoms with Gasteiger partial charge in [0.2, 0.25) is 0 Å². The lowest BCUT2D eigenvalue weighted by molar-refractivity contribution is 0.00937. The molecule has 20 heavy (non-hydrogen) atoms. The van der Waals surface area contributed by atoms with Crippen molar-refractivity contribution in [3.8, 4) is 0 Å². The predicted octanol–water partition coefficient (Wildman–Crippen LogP) is 4.05. The van der Waals surface area contributed by atoms with Crippen LogP contribution in [0.5, 0.6) is 0 Å². The second-order valence-corrected chi connectivity index (χ2v) is 8.10. The van der Waals surface area contributed by atoms with Gasteiger partial charge in [-0.05, 0) is 56.9 Å². The molecule has 0 aromatic rings. The summed E-state index contributed by atoms with van der Waals surface area (Å²) in [5.41, 5.74) is 0.559. The molecule has 0 aromatic heterocycles. The molecular formula is C18H36N2. The Morgan fingerprint density at radius 3 is 2.60 bits per heavy atom. The third-order valence-corrected chi connectivity index (χ3v) is 5.92. The molecular weight excluding hydrogens is 244 g/mol. The molecule has 2 rings (SSSR count). The summed E-state index contributed by atoms with van der Waals surface area (Å²) in [5, 5.41) is 3.76. The zero-order valence-corrected chi connectivity index (χ0v) is 14.4. The third-order valence-electron chi connectivity index (χ3n) is 5.92. The van der Waals surface area contributed by atoms with Gasteiger partial charge >= 0.3 is 0 Å². The first-order chi connectivity index (χ1) is 9.44. The largest absolute Gasteiger partial charge is 0.314 e. The van der Waals surface area contributed by atoms with Gasteiger partial charge in [0.15, 0.2) is 0 Å². The number of nitrogens with zero attached hydrogens (tertiary/aromatic N) is 1. The normalized spacial score (nSPS) is 38.9. The molecule has 0 aromatic carbocycles. The lowest BCUT2D eigenvalue weighted by atomic mass is 9.73. The predicted molar refractivity (Wildman–Crippen MR) is 88.1 cm³/mol. The maximum Gasteiger partial charge on any atom is 0.0120 e. The molecule has 1 heterocycles. The van der Waals surface area contributed by atoms with E-state index in [0.29, 0.717) is 5.41 Å². The van der Waals surface area contributed by atoms with E-state index in [0.717, 1.165) is 24.0 Å². The quantitative estimate of drug-likeness (QED) is 0.835. The molecule has 0 radical (unpaired) electrons. The Morgan fingerprint density at radius 1 is 1.20 bits per heavy atom. The van der Waals surface area contributed by atoms with Crippen molar-refractivity contribution in [3.63, 3.8) is 0 Å². The maximum absolute atomic E-state index is 3.76. The molecule has 1 aliphatic carbocycles. The second-order valence-electron chi connectivity index (χ2n) is 8.10. The molecule has 1 N–H and O–H groups in total. The van der Waals surface area contributed by atoms with Gasteiger partial charge < -0.3 is 5.32 Å². The van der Waals surface area contributed by atoms with E-state index in [-0.39, 0.29) is 0 Å². The summed E-state index contributed by atoms with van der Waals surface area (Å²) in [6.07, 6.45) is 8.25. The molecule has 1 saturated carbocycles.